The van der Waals surface area contributed by atoms with E-state index in [0.717, 1.165) is 71.7 Å². The zero-order chi connectivity index (χ0) is 26.2. The summed E-state index contributed by atoms with van der Waals surface area (Å²) in [4.78, 5) is 9.59. The van der Waals surface area contributed by atoms with Crippen LogP contribution in [0.1, 0.15) is 0 Å². The van der Waals surface area contributed by atoms with Gasteiger partial charge in [0.15, 0.2) is 0 Å². The summed E-state index contributed by atoms with van der Waals surface area (Å²) in [5.74, 6) is 0. The van der Waals surface area contributed by atoms with Gasteiger partial charge < -0.3 is 8.83 Å². The molecule has 0 aliphatic carbocycles. The Labute approximate surface area is 228 Å². The minimum Gasteiger partial charge on any atom is -0.455 e. The summed E-state index contributed by atoms with van der Waals surface area (Å²) in [6.45, 7) is 0. The summed E-state index contributed by atoms with van der Waals surface area (Å²) >= 11 is 0. The largest absolute Gasteiger partial charge is 0.455 e. The molecule has 0 radical (unpaired) electrons. The zero-order valence-electron chi connectivity index (χ0n) is 21.3. The second-order valence-corrected chi connectivity index (χ2v) is 10.2. The molecule has 3 heterocycles. The molecule has 0 saturated carbocycles. The average molecular weight is 513 g/mol. The van der Waals surface area contributed by atoms with Gasteiger partial charge in [-0.2, -0.15) is 0 Å². The van der Waals surface area contributed by atoms with Crippen molar-refractivity contribution in [2.75, 3.05) is 0 Å². The smallest absolute Gasteiger partial charge is 0.246 e. The van der Waals surface area contributed by atoms with Crippen LogP contribution >= 0.6 is 0 Å². The summed E-state index contributed by atoms with van der Waals surface area (Å²) in [5, 5.41) is 5.59. The van der Waals surface area contributed by atoms with Crippen molar-refractivity contribution in [3.63, 3.8) is 0 Å². The number of hydrogen-bond acceptors (Lipinski definition) is 4. The summed E-state index contributed by atoms with van der Waals surface area (Å²) in [6, 6.07) is 41.9. The number of aromatic nitrogens is 2. The Morgan fingerprint density at radius 3 is 2.10 bits per heavy atom. The van der Waals surface area contributed by atoms with Crippen molar-refractivity contribution < 1.29 is 8.83 Å². The first-order valence-corrected chi connectivity index (χ1v) is 13.3. The Morgan fingerprint density at radius 2 is 1.18 bits per heavy atom. The first-order chi connectivity index (χ1) is 19.8. The molecule has 4 heteroatoms. The number of benzene rings is 6. The van der Waals surface area contributed by atoms with Gasteiger partial charge in [-0.15, -0.1) is 0 Å². The number of nitrogens with zero attached hydrogens (tertiary/aromatic N) is 2. The van der Waals surface area contributed by atoms with Crippen molar-refractivity contribution in [2.24, 2.45) is 0 Å². The van der Waals surface area contributed by atoms with Crippen LogP contribution < -0.4 is 0 Å². The molecular formula is C36H20N2O2. The van der Waals surface area contributed by atoms with E-state index in [0.29, 0.717) is 5.71 Å². The first kappa shape index (κ1) is 21.5. The Morgan fingerprint density at radius 1 is 0.450 bits per heavy atom. The van der Waals surface area contributed by atoms with Crippen LogP contribution in [0, 0.1) is 0 Å². The molecule has 0 amide bonds. The van der Waals surface area contributed by atoms with E-state index in [9.17, 15) is 0 Å². The SMILES string of the molecule is c1cc(-c2ccc3oc4nc5ccccc5nc4c3c2)cc(-c2c3ccccc3cc3c2oc2ccccc23)c1. The van der Waals surface area contributed by atoms with E-state index in [-0.39, 0.29) is 0 Å². The highest BCUT2D eigenvalue weighted by Crippen LogP contribution is 2.42. The normalized spacial score (nSPS) is 12.0. The van der Waals surface area contributed by atoms with E-state index in [1.54, 1.807) is 0 Å². The van der Waals surface area contributed by atoms with Crippen molar-refractivity contribution in [3.8, 4) is 22.3 Å². The van der Waals surface area contributed by atoms with Gasteiger partial charge in [-0.25, -0.2) is 9.97 Å². The van der Waals surface area contributed by atoms with Crippen LogP contribution in [-0.2, 0) is 0 Å². The van der Waals surface area contributed by atoms with Crippen LogP contribution in [0.2, 0.25) is 0 Å². The molecule has 0 saturated heterocycles. The van der Waals surface area contributed by atoms with Crippen LogP contribution in [0.25, 0.3) is 88.2 Å². The van der Waals surface area contributed by atoms with Crippen LogP contribution in [0.15, 0.2) is 130 Å². The molecule has 186 valence electrons. The first-order valence-electron chi connectivity index (χ1n) is 13.3. The highest BCUT2D eigenvalue weighted by atomic mass is 16.3. The molecule has 0 atom stereocenters. The lowest BCUT2D eigenvalue weighted by molar-refractivity contribution is 0.655. The second-order valence-electron chi connectivity index (χ2n) is 10.2. The molecule has 0 N–H and O–H groups in total. The van der Waals surface area contributed by atoms with Gasteiger partial charge in [0.05, 0.1) is 11.0 Å². The fourth-order valence-electron chi connectivity index (χ4n) is 5.98. The molecule has 0 bridgehead atoms. The molecule has 0 unspecified atom stereocenters. The summed E-state index contributed by atoms with van der Waals surface area (Å²) in [6.07, 6.45) is 0. The van der Waals surface area contributed by atoms with Crippen molar-refractivity contribution >= 4 is 65.9 Å². The molecule has 0 fully saturated rings. The zero-order valence-corrected chi connectivity index (χ0v) is 21.3. The second kappa shape index (κ2) is 8.01. The quantitative estimate of drug-likeness (QED) is 0.231. The molecule has 3 aromatic heterocycles. The number of rotatable bonds is 2. The van der Waals surface area contributed by atoms with E-state index >= 15 is 0 Å². The lowest BCUT2D eigenvalue weighted by Crippen LogP contribution is -1.86. The van der Waals surface area contributed by atoms with E-state index in [1.807, 2.05) is 42.5 Å². The maximum absolute atomic E-state index is 6.49. The molecular weight excluding hydrogens is 492 g/mol. The third-order valence-electron chi connectivity index (χ3n) is 7.86. The minimum atomic E-state index is 0.558. The average Bonchev–Trinajstić information content (AvgIpc) is 3.55. The highest BCUT2D eigenvalue weighted by molar-refractivity contribution is 6.18. The molecule has 4 nitrogen and oxygen atoms in total. The van der Waals surface area contributed by atoms with Crippen molar-refractivity contribution in [1.29, 1.82) is 0 Å². The van der Waals surface area contributed by atoms with Crippen molar-refractivity contribution in [1.82, 2.24) is 9.97 Å². The van der Waals surface area contributed by atoms with Crippen molar-refractivity contribution in [3.05, 3.63) is 121 Å². The van der Waals surface area contributed by atoms with Crippen molar-refractivity contribution in [2.45, 2.75) is 0 Å². The van der Waals surface area contributed by atoms with Crippen LogP contribution in [0.3, 0.4) is 0 Å². The Kier molecular flexibility index (Phi) is 4.30. The fraction of sp³-hybridized carbons (Fsp3) is 0. The highest BCUT2D eigenvalue weighted by Gasteiger charge is 2.17. The Bertz CT molecular complexity index is 2450. The monoisotopic (exact) mass is 512 g/mol. The molecule has 40 heavy (non-hydrogen) atoms. The maximum Gasteiger partial charge on any atom is 0.246 e. The predicted molar refractivity (Wildman–Crippen MR) is 162 cm³/mol. The Balaban J connectivity index is 1.27. The Hall–Kier alpha value is -5.48. The van der Waals surface area contributed by atoms with Gasteiger partial charge in [0, 0.05) is 21.7 Å². The summed E-state index contributed by atoms with van der Waals surface area (Å²) in [5.41, 5.74) is 10.0. The minimum absolute atomic E-state index is 0.558. The lowest BCUT2D eigenvalue weighted by atomic mass is 9.93. The number of para-hydroxylation sites is 3. The van der Waals surface area contributed by atoms with Crippen LogP contribution in [-0.4, -0.2) is 9.97 Å². The van der Waals surface area contributed by atoms with Gasteiger partial charge in [-0.1, -0.05) is 78.9 Å². The van der Waals surface area contributed by atoms with Crippen LogP contribution in [0.5, 0.6) is 0 Å². The topological polar surface area (TPSA) is 52.1 Å². The molecule has 6 aromatic carbocycles. The van der Waals surface area contributed by atoms with E-state index < -0.39 is 0 Å². The summed E-state index contributed by atoms with van der Waals surface area (Å²) < 4.78 is 12.6. The number of hydrogen-bond donors (Lipinski definition) is 0. The third kappa shape index (κ3) is 3.07. The molecule has 0 aliphatic heterocycles. The molecule has 0 spiro atoms. The fourth-order valence-corrected chi connectivity index (χ4v) is 5.98. The predicted octanol–water partition coefficient (Wildman–Crippen LogP) is 9.92. The van der Waals surface area contributed by atoms with Gasteiger partial charge in [-0.05, 0) is 69.9 Å². The van der Waals surface area contributed by atoms with E-state index in [2.05, 4.69) is 78.9 Å². The maximum atomic E-state index is 6.49. The van der Waals surface area contributed by atoms with E-state index in [4.69, 9.17) is 18.8 Å². The molecule has 9 rings (SSSR count). The van der Waals surface area contributed by atoms with Gasteiger partial charge in [0.2, 0.25) is 5.71 Å². The standard InChI is InChI=1S/C36H20N2O2/c1-2-11-25-23(8-1)20-27-26-12-3-6-15-31(26)39-35(27)33(25)24-10-7-9-21(18-24)22-16-17-32-28(19-22)34-36(40-32)38-30-14-5-4-13-29(30)37-34/h1-20H. The number of furan rings is 2. The summed E-state index contributed by atoms with van der Waals surface area (Å²) in [7, 11) is 0. The third-order valence-corrected chi connectivity index (χ3v) is 7.86. The van der Waals surface area contributed by atoms with Gasteiger partial charge in [0.1, 0.15) is 22.3 Å². The van der Waals surface area contributed by atoms with E-state index in [1.165, 1.54) is 10.8 Å². The van der Waals surface area contributed by atoms with Gasteiger partial charge in [0.25, 0.3) is 0 Å². The van der Waals surface area contributed by atoms with Crippen LogP contribution in [0.4, 0.5) is 0 Å². The lowest BCUT2D eigenvalue weighted by Gasteiger charge is -2.11. The molecule has 9 aromatic rings. The van der Waals surface area contributed by atoms with Gasteiger partial charge in [-0.3, -0.25) is 0 Å². The molecule has 0 aliphatic rings. The van der Waals surface area contributed by atoms with Gasteiger partial charge >= 0.3 is 0 Å². The number of fused-ring (bicyclic) bond motifs is 8.